The van der Waals surface area contributed by atoms with E-state index in [0.717, 1.165) is 12.7 Å². The highest BCUT2D eigenvalue weighted by molar-refractivity contribution is 6.20. The maximum atomic E-state index is 13.4. The fourth-order valence-electron chi connectivity index (χ4n) is 7.13. The van der Waals surface area contributed by atoms with Crippen LogP contribution in [0.15, 0.2) is 12.2 Å². The number of carbonyl (C=O) groups is 3. The average Bonchev–Trinajstić information content (AvgIpc) is 2.69. The number of fused-ring (bicyclic) bond motifs is 3. The Hall–Kier alpha value is -1.37. The quantitative estimate of drug-likeness (QED) is 0.354. The van der Waals surface area contributed by atoms with Crippen LogP contribution in [0.25, 0.3) is 0 Å². The third kappa shape index (κ3) is 1.67. The summed E-state index contributed by atoms with van der Waals surface area (Å²) in [7, 11) is 0. The van der Waals surface area contributed by atoms with Crippen LogP contribution < -0.4 is 0 Å². The fourth-order valence-corrected chi connectivity index (χ4v) is 7.13. The predicted molar refractivity (Wildman–Crippen MR) is 90.8 cm³/mol. The van der Waals surface area contributed by atoms with Crippen LogP contribution in [-0.2, 0) is 14.4 Å². The second-order valence-corrected chi connectivity index (χ2v) is 9.41. The minimum atomic E-state index is -1.95. The topological polar surface area (TPSA) is 112 Å². The van der Waals surface area contributed by atoms with E-state index in [4.69, 9.17) is 0 Å². The van der Waals surface area contributed by atoms with Crippen LogP contribution in [0.2, 0.25) is 0 Å². The zero-order valence-electron chi connectivity index (χ0n) is 15.1. The van der Waals surface area contributed by atoms with E-state index in [2.05, 4.69) is 6.58 Å². The van der Waals surface area contributed by atoms with E-state index >= 15 is 0 Å². The first-order valence-corrected chi connectivity index (χ1v) is 9.36. The van der Waals surface area contributed by atoms with Crippen LogP contribution in [0.1, 0.15) is 39.5 Å². The van der Waals surface area contributed by atoms with Crippen molar-refractivity contribution in [3.05, 3.63) is 12.2 Å². The molecule has 0 aromatic rings. The molecule has 0 aromatic heterocycles. The van der Waals surface area contributed by atoms with Gasteiger partial charge in [-0.3, -0.25) is 9.59 Å². The summed E-state index contributed by atoms with van der Waals surface area (Å²) in [5.41, 5.74) is -3.56. The Morgan fingerprint density at radius 1 is 1.12 bits per heavy atom. The largest absolute Gasteiger partial charge is 0.393 e. The summed E-state index contributed by atoms with van der Waals surface area (Å²) in [4.78, 5) is 39.0. The molecule has 4 aliphatic carbocycles. The van der Waals surface area contributed by atoms with Crippen molar-refractivity contribution in [3.63, 3.8) is 0 Å². The van der Waals surface area contributed by atoms with Gasteiger partial charge >= 0.3 is 0 Å². The first-order valence-electron chi connectivity index (χ1n) is 9.36. The van der Waals surface area contributed by atoms with Gasteiger partial charge in [-0.25, -0.2) is 0 Å². The molecule has 4 saturated carbocycles. The first-order chi connectivity index (χ1) is 12.1. The minimum Gasteiger partial charge on any atom is -0.393 e. The highest BCUT2D eigenvalue weighted by Crippen LogP contribution is 2.69. The molecular formula is C20H26O6. The minimum absolute atomic E-state index is 0.101. The molecule has 0 unspecified atom stereocenters. The molecule has 4 fully saturated rings. The van der Waals surface area contributed by atoms with Crippen molar-refractivity contribution in [2.45, 2.75) is 57.8 Å². The zero-order chi connectivity index (χ0) is 19.2. The molecule has 6 nitrogen and oxygen atoms in total. The molecule has 0 amide bonds. The Morgan fingerprint density at radius 3 is 2.38 bits per heavy atom. The van der Waals surface area contributed by atoms with Crippen LogP contribution in [0.5, 0.6) is 0 Å². The van der Waals surface area contributed by atoms with Crippen molar-refractivity contribution in [2.75, 3.05) is 0 Å². The maximum absolute atomic E-state index is 13.4. The Labute approximate surface area is 152 Å². The number of ketones is 2. The van der Waals surface area contributed by atoms with E-state index in [1.807, 2.05) is 13.8 Å². The molecule has 26 heavy (non-hydrogen) atoms. The second-order valence-electron chi connectivity index (χ2n) is 9.41. The normalized spacial score (nSPS) is 52.4. The third-order valence-electron chi connectivity index (χ3n) is 7.98. The number of aldehydes is 1. The highest BCUT2D eigenvalue weighted by atomic mass is 16.3. The van der Waals surface area contributed by atoms with Gasteiger partial charge in [0.25, 0.3) is 0 Å². The van der Waals surface area contributed by atoms with Gasteiger partial charge in [-0.2, -0.15) is 0 Å². The molecule has 0 radical (unpaired) electrons. The van der Waals surface area contributed by atoms with Crippen molar-refractivity contribution in [2.24, 2.45) is 34.0 Å². The van der Waals surface area contributed by atoms with Gasteiger partial charge in [-0.05, 0) is 30.3 Å². The van der Waals surface area contributed by atoms with Crippen molar-refractivity contribution >= 4 is 17.9 Å². The zero-order valence-corrected chi connectivity index (χ0v) is 15.1. The number of hydrogen-bond acceptors (Lipinski definition) is 6. The van der Waals surface area contributed by atoms with E-state index in [0.29, 0.717) is 12.8 Å². The van der Waals surface area contributed by atoms with E-state index < -0.39 is 63.9 Å². The molecule has 8 atom stereocenters. The van der Waals surface area contributed by atoms with Gasteiger partial charge in [0.15, 0.2) is 11.6 Å². The Kier molecular flexibility index (Phi) is 3.55. The van der Waals surface area contributed by atoms with Crippen LogP contribution in [0, 0.1) is 34.0 Å². The van der Waals surface area contributed by atoms with Crippen LogP contribution in [0.3, 0.4) is 0 Å². The van der Waals surface area contributed by atoms with Crippen LogP contribution in [-0.4, -0.2) is 51.5 Å². The summed E-state index contributed by atoms with van der Waals surface area (Å²) in [6.45, 7) is 7.57. The average molecular weight is 362 g/mol. The molecule has 1 spiro atoms. The molecule has 0 aliphatic heterocycles. The number of hydrogen-bond donors (Lipinski definition) is 3. The molecule has 6 heteroatoms. The molecule has 0 heterocycles. The van der Waals surface area contributed by atoms with E-state index in [-0.39, 0.29) is 12.0 Å². The first kappa shape index (κ1) is 18.0. The molecule has 0 saturated heterocycles. The number of carbonyl (C=O) groups excluding carboxylic acids is 3. The smallest absolute Gasteiger partial charge is 0.178 e. The molecular weight excluding hydrogens is 336 g/mol. The van der Waals surface area contributed by atoms with Crippen LogP contribution >= 0.6 is 0 Å². The molecule has 0 aromatic carbocycles. The molecule has 4 aliphatic rings. The summed E-state index contributed by atoms with van der Waals surface area (Å²) in [5, 5.41) is 32.9. The van der Waals surface area contributed by atoms with E-state index in [1.165, 1.54) is 0 Å². The molecule has 3 N–H and O–H groups in total. The molecule has 4 rings (SSSR count). The Balaban J connectivity index is 2.02. The van der Waals surface area contributed by atoms with Gasteiger partial charge in [-0.1, -0.05) is 26.8 Å². The second kappa shape index (κ2) is 5.12. The van der Waals surface area contributed by atoms with Crippen molar-refractivity contribution < 1.29 is 29.7 Å². The van der Waals surface area contributed by atoms with Gasteiger partial charge in [0.2, 0.25) is 0 Å². The monoisotopic (exact) mass is 362 g/mol. The van der Waals surface area contributed by atoms with Gasteiger partial charge in [-0.15, -0.1) is 0 Å². The van der Waals surface area contributed by atoms with Gasteiger partial charge in [0.05, 0.1) is 12.2 Å². The number of Topliss-reactive ketones (excluding diaryl/α,β-unsaturated/α-hetero) is 2. The fraction of sp³-hybridized carbons (Fsp3) is 0.750. The van der Waals surface area contributed by atoms with Crippen molar-refractivity contribution in [1.29, 1.82) is 0 Å². The SMILES string of the molecule is C=C1C(=O)[C@@]23C(=O)[C@@H](O)[C@@H]4C(C)(C)CCC[C@@]4(C=O)[C@@H]2[C@@H](O)C[C@@H]1[C@H]3O. The van der Waals surface area contributed by atoms with Crippen molar-refractivity contribution in [1.82, 2.24) is 0 Å². The van der Waals surface area contributed by atoms with Gasteiger partial charge < -0.3 is 20.1 Å². The lowest BCUT2D eigenvalue weighted by Gasteiger charge is -2.63. The summed E-state index contributed by atoms with van der Waals surface area (Å²) in [6.07, 6.45) is -1.30. The van der Waals surface area contributed by atoms with Gasteiger partial charge in [0.1, 0.15) is 17.8 Å². The standard InChI is InChI=1S/C20H26O6/c1-9-10-7-11(22)13-19(8-21)6-4-5-18(2,3)14(19)12(23)17(26)20(13,15(9)24)16(10)25/h8,10-14,16,22-23,25H,1,4-7H2,2-3H3/t10-,11-,12-,13-,14+,16+,19+,20-/m0/s1. The maximum Gasteiger partial charge on any atom is 0.178 e. The lowest BCUT2D eigenvalue weighted by Crippen LogP contribution is -2.74. The molecule has 2 bridgehead atoms. The number of rotatable bonds is 1. The number of aliphatic hydroxyl groups is 3. The summed E-state index contributed by atoms with van der Waals surface area (Å²) in [5.74, 6) is -3.78. The lowest BCUT2D eigenvalue weighted by molar-refractivity contribution is -0.228. The predicted octanol–water partition coefficient (Wildman–Crippen LogP) is 0.425. The summed E-state index contributed by atoms with van der Waals surface area (Å²) in [6, 6.07) is 0. The lowest BCUT2D eigenvalue weighted by atomic mass is 9.39. The summed E-state index contributed by atoms with van der Waals surface area (Å²) >= 11 is 0. The number of aliphatic hydroxyl groups excluding tert-OH is 3. The van der Waals surface area contributed by atoms with E-state index in [9.17, 15) is 29.7 Å². The Bertz CT molecular complexity index is 726. The van der Waals surface area contributed by atoms with Gasteiger partial charge in [0, 0.05) is 23.2 Å². The Morgan fingerprint density at radius 2 is 1.77 bits per heavy atom. The van der Waals surface area contributed by atoms with E-state index in [1.54, 1.807) is 0 Å². The highest BCUT2D eigenvalue weighted by Gasteiger charge is 2.79. The third-order valence-corrected chi connectivity index (χ3v) is 7.98. The van der Waals surface area contributed by atoms with Crippen molar-refractivity contribution in [3.8, 4) is 0 Å². The summed E-state index contributed by atoms with van der Waals surface area (Å²) < 4.78 is 0. The van der Waals surface area contributed by atoms with Crippen LogP contribution in [0.4, 0.5) is 0 Å². The molecule has 142 valence electrons.